The van der Waals surface area contributed by atoms with Gasteiger partial charge < -0.3 is 20.1 Å². The molecule has 2 atom stereocenters. The molecule has 0 amide bonds. The Bertz CT molecular complexity index is 502. The van der Waals surface area contributed by atoms with Crippen LogP contribution < -0.4 is 4.74 Å². The summed E-state index contributed by atoms with van der Waals surface area (Å²) in [6, 6.07) is 4.12. The summed E-state index contributed by atoms with van der Waals surface area (Å²) in [5.74, 6) is -0.991. The van der Waals surface area contributed by atoms with Gasteiger partial charge in [-0.05, 0) is 17.7 Å². The maximum atomic E-state index is 11.1. The summed E-state index contributed by atoms with van der Waals surface area (Å²) < 4.78 is 4.91. The van der Waals surface area contributed by atoms with Gasteiger partial charge in [0, 0.05) is 12.7 Å². The Morgan fingerprint density at radius 3 is 2.50 bits per heavy atom. The molecular weight excluding hydrogens is 284 g/mol. The molecule has 0 aliphatic rings. The SMILES string of the molecule is COc1ccc(C(O)C(O)CSC(C)=O)cc1C(=O)O. The number of carboxylic acids is 1. The quantitative estimate of drug-likeness (QED) is 0.721. The lowest BCUT2D eigenvalue weighted by Crippen LogP contribution is -2.21. The Morgan fingerprint density at radius 2 is 2.00 bits per heavy atom. The number of ether oxygens (including phenoxy) is 1. The van der Waals surface area contributed by atoms with Crippen molar-refractivity contribution in [1.82, 2.24) is 0 Å². The van der Waals surface area contributed by atoms with Crippen LogP contribution in [0, 0.1) is 0 Å². The van der Waals surface area contributed by atoms with Crippen molar-refractivity contribution in [2.75, 3.05) is 12.9 Å². The molecule has 2 unspecified atom stereocenters. The summed E-state index contributed by atoms with van der Waals surface area (Å²) in [5, 5.41) is 28.6. The lowest BCUT2D eigenvalue weighted by atomic mass is 10.0. The van der Waals surface area contributed by atoms with E-state index < -0.39 is 18.2 Å². The minimum absolute atomic E-state index is 0.0327. The zero-order chi connectivity index (χ0) is 15.3. The van der Waals surface area contributed by atoms with E-state index in [-0.39, 0.29) is 27.7 Å². The molecule has 0 saturated carbocycles. The van der Waals surface area contributed by atoms with Crippen molar-refractivity contribution in [3.05, 3.63) is 29.3 Å². The third-order valence-electron chi connectivity index (χ3n) is 2.62. The number of methoxy groups -OCH3 is 1. The Balaban J connectivity index is 2.93. The van der Waals surface area contributed by atoms with E-state index in [1.54, 1.807) is 0 Å². The molecule has 1 aromatic carbocycles. The summed E-state index contributed by atoms with van der Waals surface area (Å²) in [5.41, 5.74) is 0.148. The normalized spacial score (nSPS) is 13.6. The van der Waals surface area contributed by atoms with Gasteiger partial charge in [-0.25, -0.2) is 4.79 Å². The zero-order valence-corrected chi connectivity index (χ0v) is 11.9. The monoisotopic (exact) mass is 300 g/mol. The van der Waals surface area contributed by atoms with Crippen molar-refractivity contribution < 1.29 is 29.6 Å². The molecule has 0 aliphatic heterocycles. The number of aliphatic hydroxyl groups excluding tert-OH is 2. The molecule has 1 rings (SSSR count). The summed E-state index contributed by atoms with van der Waals surface area (Å²) in [4.78, 5) is 21.9. The molecule has 7 heteroatoms. The molecule has 0 aromatic heterocycles. The van der Waals surface area contributed by atoms with Gasteiger partial charge in [-0.3, -0.25) is 4.79 Å². The van der Waals surface area contributed by atoms with E-state index in [1.807, 2.05) is 0 Å². The van der Waals surface area contributed by atoms with Crippen LogP contribution in [0.25, 0.3) is 0 Å². The fourth-order valence-corrected chi connectivity index (χ4v) is 2.18. The van der Waals surface area contributed by atoms with Gasteiger partial charge in [-0.1, -0.05) is 17.8 Å². The maximum absolute atomic E-state index is 11.1. The Labute approximate surface area is 120 Å². The number of carbonyl (C=O) groups is 2. The van der Waals surface area contributed by atoms with Crippen LogP contribution in [0.15, 0.2) is 18.2 Å². The van der Waals surface area contributed by atoms with Crippen molar-refractivity contribution in [1.29, 1.82) is 0 Å². The highest BCUT2D eigenvalue weighted by Gasteiger charge is 2.21. The van der Waals surface area contributed by atoms with Gasteiger partial charge in [-0.2, -0.15) is 0 Å². The Kier molecular flexibility index (Phi) is 6.00. The van der Waals surface area contributed by atoms with E-state index in [9.17, 15) is 19.8 Å². The van der Waals surface area contributed by atoms with Crippen molar-refractivity contribution in [2.24, 2.45) is 0 Å². The van der Waals surface area contributed by atoms with E-state index in [2.05, 4.69) is 0 Å². The number of rotatable bonds is 6. The average Bonchev–Trinajstić information content (AvgIpc) is 2.42. The van der Waals surface area contributed by atoms with Crippen molar-refractivity contribution >= 4 is 22.8 Å². The minimum Gasteiger partial charge on any atom is -0.496 e. The average molecular weight is 300 g/mol. The van der Waals surface area contributed by atoms with Crippen LogP contribution in [0.3, 0.4) is 0 Å². The molecule has 0 fully saturated rings. The van der Waals surface area contributed by atoms with E-state index in [1.165, 1.54) is 32.2 Å². The topological polar surface area (TPSA) is 104 Å². The predicted molar refractivity (Wildman–Crippen MR) is 74.1 cm³/mol. The number of hydrogen-bond acceptors (Lipinski definition) is 6. The van der Waals surface area contributed by atoms with Gasteiger partial charge in [0.1, 0.15) is 17.4 Å². The van der Waals surface area contributed by atoms with E-state index in [0.29, 0.717) is 0 Å². The lowest BCUT2D eigenvalue weighted by molar-refractivity contribution is -0.109. The first-order valence-corrected chi connectivity index (χ1v) is 6.76. The van der Waals surface area contributed by atoms with E-state index in [4.69, 9.17) is 9.84 Å². The smallest absolute Gasteiger partial charge is 0.339 e. The van der Waals surface area contributed by atoms with Crippen molar-refractivity contribution in [3.8, 4) is 5.75 Å². The second-order valence-electron chi connectivity index (χ2n) is 4.08. The van der Waals surface area contributed by atoms with Crippen LogP contribution in [-0.4, -0.2) is 45.4 Å². The van der Waals surface area contributed by atoms with Gasteiger partial charge in [0.05, 0.1) is 13.2 Å². The van der Waals surface area contributed by atoms with E-state index >= 15 is 0 Å². The highest BCUT2D eigenvalue weighted by atomic mass is 32.2. The first kappa shape index (κ1) is 16.5. The molecule has 6 nitrogen and oxygen atoms in total. The third kappa shape index (κ3) is 4.22. The van der Waals surface area contributed by atoms with Crippen LogP contribution >= 0.6 is 11.8 Å². The number of hydrogen-bond donors (Lipinski definition) is 3. The highest BCUT2D eigenvalue weighted by molar-refractivity contribution is 8.13. The number of carboxylic acid groups (broad SMARTS) is 1. The van der Waals surface area contributed by atoms with Gasteiger partial charge >= 0.3 is 5.97 Å². The number of carbonyl (C=O) groups excluding carboxylic acids is 1. The minimum atomic E-state index is -1.27. The van der Waals surface area contributed by atoms with Crippen molar-refractivity contribution in [2.45, 2.75) is 19.1 Å². The lowest BCUT2D eigenvalue weighted by Gasteiger charge is -2.18. The first-order valence-electron chi connectivity index (χ1n) is 5.77. The van der Waals surface area contributed by atoms with Crippen LogP contribution in [0.2, 0.25) is 0 Å². The first-order chi connectivity index (χ1) is 9.36. The zero-order valence-electron chi connectivity index (χ0n) is 11.1. The molecule has 110 valence electrons. The van der Waals surface area contributed by atoms with Gasteiger partial charge in [0.15, 0.2) is 5.12 Å². The molecule has 0 saturated heterocycles. The molecule has 3 N–H and O–H groups in total. The number of thioether (sulfide) groups is 1. The molecule has 20 heavy (non-hydrogen) atoms. The van der Waals surface area contributed by atoms with Crippen LogP contribution in [0.1, 0.15) is 28.9 Å². The van der Waals surface area contributed by atoms with E-state index in [0.717, 1.165) is 11.8 Å². The number of benzene rings is 1. The fourth-order valence-electron chi connectivity index (χ4n) is 1.59. The predicted octanol–water partition coefficient (Wildman–Crippen LogP) is 1.07. The van der Waals surface area contributed by atoms with Crippen LogP contribution in [-0.2, 0) is 4.79 Å². The molecule has 0 aliphatic carbocycles. The maximum Gasteiger partial charge on any atom is 0.339 e. The van der Waals surface area contributed by atoms with Gasteiger partial charge in [0.2, 0.25) is 0 Å². The van der Waals surface area contributed by atoms with Crippen LogP contribution in [0.5, 0.6) is 5.75 Å². The molecule has 0 bridgehead atoms. The second kappa shape index (κ2) is 7.28. The molecule has 0 spiro atoms. The standard InChI is InChI=1S/C13H16O6S/c1-7(14)20-6-10(15)12(16)8-3-4-11(19-2)9(5-8)13(17)18/h3-5,10,12,15-16H,6H2,1-2H3,(H,17,18). The molecule has 1 aromatic rings. The summed E-state index contributed by atoms with van der Waals surface area (Å²) >= 11 is 0.891. The number of aromatic carboxylic acids is 1. The van der Waals surface area contributed by atoms with Crippen LogP contribution in [0.4, 0.5) is 0 Å². The summed E-state index contributed by atoms with van der Waals surface area (Å²) in [7, 11) is 1.34. The fraction of sp³-hybridized carbons (Fsp3) is 0.385. The largest absolute Gasteiger partial charge is 0.496 e. The third-order valence-corrected chi connectivity index (χ3v) is 3.53. The second-order valence-corrected chi connectivity index (χ2v) is 5.28. The Hall–Kier alpha value is -1.57. The molecule has 0 radical (unpaired) electrons. The van der Waals surface area contributed by atoms with Gasteiger partial charge in [0.25, 0.3) is 0 Å². The highest BCUT2D eigenvalue weighted by Crippen LogP contribution is 2.26. The summed E-state index contributed by atoms with van der Waals surface area (Å²) in [6.07, 6.45) is -2.44. The number of aliphatic hydroxyl groups is 2. The van der Waals surface area contributed by atoms with Gasteiger partial charge in [-0.15, -0.1) is 0 Å². The Morgan fingerprint density at radius 1 is 1.35 bits per heavy atom. The van der Waals surface area contributed by atoms with Crippen molar-refractivity contribution in [3.63, 3.8) is 0 Å². The molecular formula is C13H16O6S. The molecule has 0 heterocycles. The summed E-state index contributed by atoms with van der Waals surface area (Å²) in [6.45, 7) is 1.36.